The van der Waals surface area contributed by atoms with Gasteiger partial charge in [-0.25, -0.2) is 15.0 Å². The van der Waals surface area contributed by atoms with E-state index in [2.05, 4.69) is 54.6 Å². The Morgan fingerprint density at radius 2 is 1.75 bits per heavy atom. The third kappa shape index (κ3) is 4.52. The lowest BCUT2D eigenvalue weighted by atomic mass is 10.0. The van der Waals surface area contributed by atoms with Gasteiger partial charge in [0.2, 0.25) is 11.9 Å². The number of fused-ring (bicyclic) bond motifs is 3. The molecular formula is C24H32N8. The van der Waals surface area contributed by atoms with Gasteiger partial charge < -0.3 is 10.2 Å². The highest BCUT2D eigenvalue weighted by atomic mass is 15.3. The minimum atomic E-state index is 0.526. The molecule has 1 fully saturated rings. The lowest BCUT2D eigenvalue weighted by Gasteiger charge is -2.32. The molecule has 1 saturated heterocycles. The Bertz CT molecular complexity index is 1120. The van der Waals surface area contributed by atoms with Crippen LogP contribution in [0.5, 0.6) is 0 Å². The summed E-state index contributed by atoms with van der Waals surface area (Å²) in [7, 11) is 2.18. The number of anilines is 3. The maximum Gasteiger partial charge on any atom is 0.231 e. The molecule has 2 N–H and O–H groups in total. The first-order valence-corrected chi connectivity index (χ1v) is 11.6. The predicted molar refractivity (Wildman–Crippen MR) is 129 cm³/mol. The predicted octanol–water partition coefficient (Wildman–Crippen LogP) is 2.93. The van der Waals surface area contributed by atoms with Crippen LogP contribution in [0, 0.1) is 13.8 Å². The fourth-order valence-corrected chi connectivity index (χ4v) is 4.70. The molecule has 1 aliphatic heterocycles. The van der Waals surface area contributed by atoms with Crippen molar-refractivity contribution in [2.45, 2.75) is 33.1 Å². The summed E-state index contributed by atoms with van der Waals surface area (Å²) in [4.78, 5) is 23.6. The van der Waals surface area contributed by atoms with Gasteiger partial charge in [-0.1, -0.05) is 12.1 Å². The zero-order chi connectivity index (χ0) is 22.1. The van der Waals surface area contributed by atoms with Crippen LogP contribution in [-0.2, 0) is 12.8 Å². The van der Waals surface area contributed by atoms with Crippen LogP contribution in [0.1, 0.15) is 28.9 Å². The number of nitrogens with zero attached hydrogens (tertiary/aromatic N) is 6. The highest BCUT2D eigenvalue weighted by molar-refractivity contribution is 5.86. The lowest BCUT2D eigenvalue weighted by Crippen LogP contribution is -2.45. The second-order valence-electron chi connectivity index (χ2n) is 9.00. The van der Waals surface area contributed by atoms with Crippen molar-refractivity contribution in [1.29, 1.82) is 0 Å². The van der Waals surface area contributed by atoms with E-state index in [1.165, 1.54) is 17.5 Å². The van der Waals surface area contributed by atoms with Crippen molar-refractivity contribution in [1.82, 2.24) is 29.7 Å². The van der Waals surface area contributed by atoms with Gasteiger partial charge >= 0.3 is 0 Å². The first kappa shape index (κ1) is 21.0. The lowest BCUT2D eigenvalue weighted by molar-refractivity contribution is 0.158. The maximum atomic E-state index is 4.86. The Labute approximate surface area is 189 Å². The van der Waals surface area contributed by atoms with Crippen molar-refractivity contribution in [2.75, 3.05) is 56.9 Å². The Kier molecular flexibility index (Phi) is 5.89. The topological polar surface area (TPSA) is 82.1 Å². The largest absolute Gasteiger partial charge is 0.369 e. The molecule has 0 radical (unpaired) electrons. The molecule has 2 aliphatic rings. The number of aryl methyl sites for hydroxylation is 4. The first-order valence-electron chi connectivity index (χ1n) is 11.6. The highest BCUT2D eigenvalue weighted by Crippen LogP contribution is 2.30. The molecule has 8 nitrogen and oxygen atoms in total. The maximum absolute atomic E-state index is 4.86. The molecule has 0 saturated carbocycles. The van der Waals surface area contributed by atoms with Gasteiger partial charge in [0.1, 0.15) is 5.82 Å². The van der Waals surface area contributed by atoms with Crippen LogP contribution < -0.4 is 10.6 Å². The number of likely N-dealkylation sites (N-methyl/N-ethyl adjacent to an activating group) is 1. The Hall–Kier alpha value is -2.84. The average molecular weight is 433 g/mol. The fourth-order valence-electron chi connectivity index (χ4n) is 4.70. The number of benzene rings is 1. The highest BCUT2D eigenvalue weighted by Gasteiger charge is 2.17. The van der Waals surface area contributed by atoms with Crippen LogP contribution in [-0.4, -0.2) is 76.1 Å². The van der Waals surface area contributed by atoms with Gasteiger partial charge in [-0.15, -0.1) is 0 Å². The summed E-state index contributed by atoms with van der Waals surface area (Å²) in [5.74, 6) is 1.91. The number of piperazine rings is 1. The zero-order valence-corrected chi connectivity index (χ0v) is 19.3. The molecule has 8 heteroatoms. The quantitative estimate of drug-likeness (QED) is 0.615. The van der Waals surface area contributed by atoms with Crippen molar-refractivity contribution in [2.24, 2.45) is 0 Å². The van der Waals surface area contributed by atoms with Crippen molar-refractivity contribution < 1.29 is 0 Å². The minimum absolute atomic E-state index is 0.526. The van der Waals surface area contributed by atoms with E-state index in [1.54, 1.807) is 0 Å². The van der Waals surface area contributed by atoms with Crippen LogP contribution in [0.4, 0.5) is 17.7 Å². The molecule has 0 spiro atoms. The first-order chi connectivity index (χ1) is 15.5. The standard InChI is InChI=1S/C24H32N8/c1-16-15-21(25-9-10-32-13-11-31(3)12-14-32)28-23(26-16)30-24-27-17(2)19-8-7-18-5-4-6-20(18)22(19)29-24/h7-8,15H,4-6,9-14H2,1-3H3,(H2,25,26,27,28,29,30). The molecule has 5 rings (SSSR count). The van der Waals surface area contributed by atoms with E-state index in [0.717, 1.165) is 80.2 Å². The van der Waals surface area contributed by atoms with E-state index >= 15 is 0 Å². The summed E-state index contributed by atoms with van der Waals surface area (Å²) < 4.78 is 0. The fraction of sp³-hybridized carbons (Fsp3) is 0.500. The summed E-state index contributed by atoms with van der Waals surface area (Å²) in [5.41, 5.74) is 5.73. The Morgan fingerprint density at radius 3 is 2.59 bits per heavy atom. The molecule has 2 aromatic heterocycles. The van der Waals surface area contributed by atoms with E-state index in [9.17, 15) is 0 Å². The van der Waals surface area contributed by atoms with Crippen LogP contribution in [0.15, 0.2) is 18.2 Å². The van der Waals surface area contributed by atoms with Gasteiger partial charge in [-0.2, -0.15) is 4.98 Å². The third-order valence-electron chi connectivity index (χ3n) is 6.54. The summed E-state index contributed by atoms with van der Waals surface area (Å²) in [6.07, 6.45) is 3.43. The van der Waals surface area contributed by atoms with Crippen molar-refractivity contribution in [3.05, 3.63) is 40.7 Å². The molecule has 1 aliphatic carbocycles. The molecular weight excluding hydrogens is 400 g/mol. The number of aromatic nitrogens is 4. The van der Waals surface area contributed by atoms with Gasteiger partial charge in [0, 0.05) is 56.4 Å². The van der Waals surface area contributed by atoms with Crippen molar-refractivity contribution in [3.8, 4) is 0 Å². The van der Waals surface area contributed by atoms with Gasteiger partial charge in [-0.05, 0) is 51.3 Å². The second-order valence-corrected chi connectivity index (χ2v) is 9.00. The van der Waals surface area contributed by atoms with Gasteiger partial charge in [-0.3, -0.25) is 10.2 Å². The Morgan fingerprint density at radius 1 is 0.938 bits per heavy atom. The van der Waals surface area contributed by atoms with Gasteiger partial charge in [0.05, 0.1) is 11.2 Å². The third-order valence-corrected chi connectivity index (χ3v) is 6.54. The summed E-state index contributed by atoms with van der Waals surface area (Å²) in [6, 6.07) is 6.37. The molecule has 0 atom stereocenters. The Balaban J connectivity index is 1.30. The smallest absolute Gasteiger partial charge is 0.231 e. The van der Waals surface area contributed by atoms with E-state index in [-0.39, 0.29) is 0 Å². The molecule has 0 amide bonds. The van der Waals surface area contributed by atoms with E-state index < -0.39 is 0 Å². The SMILES string of the molecule is Cc1cc(NCCN2CCN(C)CC2)nc(Nc2nc(C)c3ccc4c(c3n2)CCC4)n1. The summed E-state index contributed by atoms with van der Waals surface area (Å²) >= 11 is 0. The van der Waals surface area contributed by atoms with Crippen molar-refractivity contribution in [3.63, 3.8) is 0 Å². The molecule has 3 aromatic rings. The monoisotopic (exact) mass is 432 g/mol. The van der Waals surface area contributed by atoms with Crippen LogP contribution in [0.3, 0.4) is 0 Å². The average Bonchev–Trinajstić information content (AvgIpc) is 3.24. The second kappa shape index (κ2) is 8.96. The number of nitrogens with one attached hydrogen (secondary N) is 2. The number of hydrogen-bond donors (Lipinski definition) is 2. The summed E-state index contributed by atoms with van der Waals surface area (Å²) in [6.45, 7) is 10.4. The van der Waals surface area contributed by atoms with Crippen LogP contribution >= 0.6 is 0 Å². The number of rotatable bonds is 6. The van der Waals surface area contributed by atoms with E-state index in [4.69, 9.17) is 4.98 Å². The van der Waals surface area contributed by atoms with E-state index in [1.807, 2.05) is 19.9 Å². The van der Waals surface area contributed by atoms with E-state index in [0.29, 0.717) is 11.9 Å². The molecule has 0 unspecified atom stereocenters. The zero-order valence-electron chi connectivity index (χ0n) is 19.3. The van der Waals surface area contributed by atoms with Gasteiger partial charge in [0.15, 0.2) is 0 Å². The normalized spacial score (nSPS) is 17.0. The van der Waals surface area contributed by atoms with Crippen LogP contribution in [0.25, 0.3) is 10.9 Å². The van der Waals surface area contributed by atoms with Crippen LogP contribution in [0.2, 0.25) is 0 Å². The van der Waals surface area contributed by atoms with Crippen molar-refractivity contribution >= 4 is 28.6 Å². The molecule has 3 heterocycles. The van der Waals surface area contributed by atoms with Gasteiger partial charge in [0.25, 0.3) is 0 Å². The minimum Gasteiger partial charge on any atom is -0.369 e. The molecule has 168 valence electrons. The molecule has 32 heavy (non-hydrogen) atoms. The summed E-state index contributed by atoms with van der Waals surface area (Å²) in [5, 5.41) is 7.84. The molecule has 1 aromatic carbocycles. The number of hydrogen-bond acceptors (Lipinski definition) is 8. The molecule has 0 bridgehead atoms.